The largest absolute Gasteiger partial charge is 0.367 e. The zero-order valence-corrected chi connectivity index (χ0v) is 15.6. The Bertz CT molecular complexity index is 477. The van der Waals surface area contributed by atoms with Gasteiger partial charge in [-0.15, -0.1) is 0 Å². The van der Waals surface area contributed by atoms with Crippen LogP contribution in [0.4, 0.5) is 5.69 Å². The van der Waals surface area contributed by atoms with E-state index >= 15 is 0 Å². The van der Waals surface area contributed by atoms with Gasteiger partial charge in [0.05, 0.1) is 5.69 Å². The Kier molecular flexibility index (Phi) is 5.37. The van der Waals surface area contributed by atoms with Crippen molar-refractivity contribution in [1.82, 2.24) is 5.32 Å². The third-order valence-electron chi connectivity index (χ3n) is 4.21. The highest BCUT2D eigenvalue weighted by atomic mass is 79.9. The van der Waals surface area contributed by atoms with E-state index < -0.39 is 0 Å². The molecule has 1 N–H and O–H groups in total. The molecule has 0 saturated carbocycles. The monoisotopic (exact) mass is 352 g/mol. The molecular formula is C18H29BrN2. The molecule has 1 aliphatic rings. The first kappa shape index (κ1) is 16.8. The van der Waals surface area contributed by atoms with Crippen molar-refractivity contribution >= 4 is 21.6 Å². The van der Waals surface area contributed by atoms with Gasteiger partial charge in [0.2, 0.25) is 0 Å². The molecule has 1 aliphatic heterocycles. The molecule has 1 aromatic rings. The van der Waals surface area contributed by atoms with Crippen molar-refractivity contribution in [3.05, 3.63) is 28.2 Å². The fourth-order valence-electron chi connectivity index (χ4n) is 3.05. The smallest absolute Gasteiger partial charge is 0.0513 e. The average molecular weight is 353 g/mol. The molecule has 21 heavy (non-hydrogen) atoms. The normalized spacial score (nSPS) is 19.6. The van der Waals surface area contributed by atoms with Crippen LogP contribution in [-0.4, -0.2) is 18.1 Å². The van der Waals surface area contributed by atoms with E-state index in [1.54, 1.807) is 0 Å². The molecular weight excluding hydrogens is 324 g/mol. The Morgan fingerprint density at radius 2 is 2.05 bits per heavy atom. The first-order valence-electron chi connectivity index (χ1n) is 8.08. The molecule has 0 bridgehead atoms. The van der Waals surface area contributed by atoms with Crippen molar-refractivity contribution in [2.45, 2.75) is 65.6 Å². The minimum atomic E-state index is 0.156. The van der Waals surface area contributed by atoms with Crippen molar-refractivity contribution < 1.29 is 0 Å². The molecule has 1 heterocycles. The van der Waals surface area contributed by atoms with Crippen LogP contribution < -0.4 is 10.2 Å². The summed E-state index contributed by atoms with van der Waals surface area (Å²) in [5, 5.41) is 3.55. The second kappa shape index (κ2) is 6.70. The fourth-order valence-corrected chi connectivity index (χ4v) is 3.70. The lowest BCUT2D eigenvalue weighted by Gasteiger charge is -2.31. The second-order valence-corrected chi connectivity index (χ2v) is 8.39. The number of benzene rings is 1. The van der Waals surface area contributed by atoms with Gasteiger partial charge in [-0.2, -0.15) is 0 Å². The molecule has 2 rings (SSSR count). The van der Waals surface area contributed by atoms with Crippen molar-refractivity contribution in [3.63, 3.8) is 0 Å². The highest BCUT2D eigenvalue weighted by Crippen LogP contribution is 2.35. The SMILES string of the molecule is CC(C)C1CCCN1c1ccc(CNC(C)(C)C)cc1Br. The predicted molar refractivity (Wildman–Crippen MR) is 95.9 cm³/mol. The number of anilines is 1. The summed E-state index contributed by atoms with van der Waals surface area (Å²) in [7, 11) is 0. The van der Waals surface area contributed by atoms with Gasteiger partial charge < -0.3 is 10.2 Å². The third-order valence-corrected chi connectivity index (χ3v) is 4.85. The minimum absolute atomic E-state index is 0.156. The molecule has 3 heteroatoms. The Morgan fingerprint density at radius 1 is 1.33 bits per heavy atom. The van der Waals surface area contributed by atoms with E-state index in [1.807, 2.05) is 0 Å². The molecule has 2 nitrogen and oxygen atoms in total. The average Bonchev–Trinajstić information content (AvgIpc) is 2.84. The van der Waals surface area contributed by atoms with Gasteiger partial charge >= 0.3 is 0 Å². The number of hydrogen-bond donors (Lipinski definition) is 1. The zero-order chi connectivity index (χ0) is 15.6. The van der Waals surface area contributed by atoms with Crippen molar-refractivity contribution in [1.29, 1.82) is 0 Å². The number of halogens is 1. The van der Waals surface area contributed by atoms with Gasteiger partial charge in [-0.05, 0) is 73.2 Å². The molecule has 1 unspecified atom stereocenters. The quantitative estimate of drug-likeness (QED) is 0.823. The standard InChI is InChI=1S/C18H29BrN2/c1-13(2)16-7-6-10-21(16)17-9-8-14(11-15(17)19)12-20-18(3,4)5/h8-9,11,13,16,20H,6-7,10,12H2,1-5H3. The number of rotatable bonds is 4. The minimum Gasteiger partial charge on any atom is -0.367 e. The van der Waals surface area contributed by atoms with E-state index in [4.69, 9.17) is 0 Å². The van der Waals surface area contributed by atoms with Crippen LogP contribution in [0.3, 0.4) is 0 Å². The fraction of sp³-hybridized carbons (Fsp3) is 0.667. The highest BCUT2D eigenvalue weighted by Gasteiger charge is 2.28. The highest BCUT2D eigenvalue weighted by molar-refractivity contribution is 9.10. The predicted octanol–water partition coefficient (Wildman–Crippen LogP) is 4.96. The van der Waals surface area contributed by atoms with E-state index in [0.29, 0.717) is 12.0 Å². The van der Waals surface area contributed by atoms with Crippen LogP contribution in [0.15, 0.2) is 22.7 Å². The van der Waals surface area contributed by atoms with Gasteiger partial charge in [0.1, 0.15) is 0 Å². The Balaban J connectivity index is 2.12. The lowest BCUT2D eigenvalue weighted by atomic mass is 10.0. The summed E-state index contributed by atoms with van der Waals surface area (Å²) in [6, 6.07) is 7.49. The molecule has 0 radical (unpaired) electrons. The zero-order valence-electron chi connectivity index (χ0n) is 14.0. The van der Waals surface area contributed by atoms with Crippen molar-refractivity contribution in [2.75, 3.05) is 11.4 Å². The van der Waals surface area contributed by atoms with Crippen LogP contribution in [-0.2, 0) is 6.54 Å². The molecule has 0 spiro atoms. The van der Waals surface area contributed by atoms with Crippen LogP contribution in [0, 0.1) is 5.92 Å². The summed E-state index contributed by atoms with van der Waals surface area (Å²) in [5.74, 6) is 0.710. The van der Waals surface area contributed by atoms with Crippen LogP contribution >= 0.6 is 15.9 Å². The lowest BCUT2D eigenvalue weighted by Crippen LogP contribution is -2.35. The van der Waals surface area contributed by atoms with Gasteiger partial charge in [0, 0.05) is 29.1 Å². The summed E-state index contributed by atoms with van der Waals surface area (Å²) in [6.07, 6.45) is 2.63. The van der Waals surface area contributed by atoms with Crippen LogP contribution in [0.25, 0.3) is 0 Å². The maximum Gasteiger partial charge on any atom is 0.0513 e. The van der Waals surface area contributed by atoms with Crippen LogP contribution in [0.2, 0.25) is 0 Å². The number of nitrogens with one attached hydrogen (secondary N) is 1. The van der Waals surface area contributed by atoms with E-state index in [0.717, 1.165) is 6.54 Å². The molecule has 1 atom stereocenters. The first-order valence-corrected chi connectivity index (χ1v) is 8.87. The second-order valence-electron chi connectivity index (χ2n) is 7.54. The van der Waals surface area contributed by atoms with E-state index in [1.165, 1.54) is 35.1 Å². The van der Waals surface area contributed by atoms with Crippen LogP contribution in [0.5, 0.6) is 0 Å². The van der Waals surface area contributed by atoms with Gasteiger partial charge in [-0.1, -0.05) is 19.9 Å². The maximum absolute atomic E-state index is 3.78. The molecule has 0 aromatic heterocycles. The number of nitrogens with zero attached hydrogens (tertiary/aromatic N) is 1. The van der Waals surface area contributed by atoms with Gasteiger partial charge in [-0.3, -0.25) is 0 Å². The van der Waals surface area contributed by atoms with Gasteiger partial charge in [0.15, 0.2) is 0 Å². The molecule has 1 fully saturated rings. The van der Waals surface area contributed by atoms with E-state index in [2.05, 4.69) is 79.0 Å². The maximum atomic E-state index is 3.78. The molecule has 1 saturated heterocycles. The van der Waals surface area contributed by atoms with Gasteiger partial charge in [0.25, 0.3) is 0 Å². The molecule has 1 aromatic carbocycles. The van der Waals surface area contributed by atoms with Crippen LogP contribution in [0.1, 0.15) is 53.0 Å². The third kappa shape index (κ3) is 4.46. The van der Waals surface area contributed by atoms with Gasteiger partial charge in [-0.25, -0.2) is 0 Å². The van der Waals surface area contributed by atoms with Crippen molar-refractivity contribution in [2.24, 2.45) is 5.92 Å². The Hall–Kier alpha value is -0.540. The van der Waals surface area contributed by atoms with E-state index in [9.17, 15) is 0 Å². The summed E-state index contributed by atoms with van der Waals surface area (Å²) < 4.78 is 1.23. The summed E-state index contributed by atoms with van der Waals surface area (Å²) >= 11 is 3.78. The summed E-state index contributed by atoms with van der Waals surface area (Å²) in [6.45, 7) is 13.4. The van der Waals surface area contributed by atoms with E-state index in [-0.39, 0.29) is 5.54 Å². The Morgan fingerprint density at radius 3 is 2.62 bits per heavy atom. The summed E-state index contributed by atoms with van der Waals surface area (Å²) in [5.41, 5.74) is 2.84. The lowest BCUT2D eigenvalue weighted by molar-refractivity contribution is 0.424. The molecule has 118 valence electrons. The topological polar surface area (TPSA) is 15.3 Å². The molecule has 0 aliphatic carbocycles. The molecule has 0 amide bonds. The number of hydrogen-bond acceptors (Lipinski definition) is 2. The van der Waals surface area contributed by atoms with Crippen molar-refractivity contribution in [3.8, 4) is 0 Å². The Labute approximate surface area is 138 Å². The summed E-state index contributed by atoms with van der Waals surface area (Å²) in [4.78, 5) is 2.58. The first-order chi connectivity index (χ1) is 9.78.